The van der Waals surface area contributed by atoms with Crippen molar-refractivity contribution >= 4 is 107 Å². The summed E-state index contributed by atoms with van der Waals surface area (Å²) in [5, 5.41) is 13.1. The number of hydrogen-bond acceptors (Lipinski definition) is 27. The van der Waals surface area contributed by atoms with E-state index in [-0.39, 0.29) is 53.4 Å². The summed E-state index contributed by atoms with van der Waals surface area (Å²) in [4.78, 5) is 56.2. The smallest absolute Gasteiger partial charge is 0.386 e. The van der Waals surface area contributed by atoms with Gasteiger partial charge in [0.05, 0.1) is 58.5 Å². The van der Waals surface area contributed by atoms with Gasteiger partial charge in [0.15, 0.2) is 65.5 Å². The number of rotatable bonds is 19. The Morgan fingerprint density at radius 1 is 0.726 bits per heavy atom. The molecule has 5 aliphatic rings. The van der Waals surface area contributed by atoms with Crippen LogP contribution in [0.1, 0.15) is 25.3 Å². The van der Waals surface area contributed by atoms with Crippen molar-refractivity contribution in [3.8, 4) is 0 Å². The molecule has 16 atom stereocenters. The highest BCUT2D eigenvalue weighted by Gasteiger charge is 2.55. The molecule has 3 unspecified atom stereocenters. The molecule has 0 bridgehead atoms. The van der Waals surface area contributed by atoms with Crippen molar-refractivity contribution in [1.82, 2.24) is 49.0 Å². The third-order valence-electron chi connectivity index (χ3n) is 12.2. The van der Waals surface area contributed by atoms with Crippen LogP contribution in [0.2, 0.25) is 0 Å². The molecule has 0 aromatic carbocycles. The molecule has 0 saturated carbocycles. The first-order valence-electron chi connectivity index (χ1n) is 21.9. The molecule has 38 heteroatoms. The minimum Gasteiger partial charge on any atom is -0.394 e. The van der Waals surface area contributed by atoms with Crippen LogP contribution in [0.15, 0.2) is 31.6 Å². The lowest BCUT2D eigenvalue weighted by Crippen LogP contribution is -2.42. The number of ether oxygens (including phenoxy) is 4. The van der Waals surface area contributed by atoms with Crippen molar-refractivity contribution in [3.05, 3.63) is 31.6 Å². The third-order valence-corrected chi connectivity index (χ3v) is 16.9. The maximum atomic E-state index is 16.8. The van der Waals surface area contributed by atoms with Gasteiger partial charge in [-0.15, -0.1) is 0 Å². The Morgan fingerprint density at radius 3 is 2.03 bits per heavy atom. The van der Waals surface area contributed by atoms with Crippen LogP contribution in [0.25, 0.3) is 22.3 Å². The number of aromatic nitrogens is 10. The van der Waals surface area contributed by atoms with Crippen molar-refractivity contribution in [2.45, 2.75) is 92.8 Å². The first-order chi connectivity index (χ1) is 34.8. The standard InChI is InChI=1S/C35H45F3N15O14P3S3/c36-15-5-58-17(25(15)65-68(55,71)59-4-14-1-2-19(62-14)51-11-48-22-28(39)42-8-45-31(22)51)6-60-69(56,72)67-27-18(64-35(21(27)38)53-13-50-24-30(41)44-10-47-33(24)53)7-61-70(57,73)66-26-16(3-54)63-34(20(26)37)52-12-49-23-29(40)43-9-46-32(23)52/h8-12,14-21,25-27,34-35,50,54H,1-7,13H2,(H,55,71)(H,56,72)(H,57,73)(H2,39,42,45)(H2,40,43,46)(H2,41,44,47)/t14-,15-,16+,17+,18+,19+,20+,21+,25-,26+,27+,34+,35+,68?,69?,70?/m0/s1. The fourth-order valence-electron chi connectivity index (χ4n) is 8.75. The van der Waals surface area contributed by atoms with Crippen molar-refractivity contribution in [1.29, 1.82) is 0 Å². The van der Waals surface area contributed by atoms with E-state index in [9.17, 15) is 19.5 Å². The Bertz CT molecular complexity index is 2990. The first kappa shape index (κ1) is 52.8. The van der Waals surface area contributed by atoms with Gasteiger partial charge in [-0.1, -0.05) is 12.2 Å². The normalized spacial score (nSPS) is 32.8. The van der Waals surface area contributed by atoms with Crippen molar-refractivity contribution in [2.24, 2.45) is 0 Å². The van der Waals surface area contributed by atoms with Crippen LogP contribution in [-0.4, -0.2) is 171 Å². The van der Waals surface area contributed by atoms with Gasteiger partial charge in [-0.25, -0.2) is 57.6 Å². The molecule has 4 saturated heterocycles. The lowest BCUT2D eigenvalue weighted by Gasteiger charge is -2.28. The number of nitrogens with one attached hydrogen (secondary N) is 1. The number of nitrogens with zero attached hydrogens (tertiary/aromatic N) is 11. The fraction of sp³-hybridized carbons (Fsp3) is 0.600. The molecule has 5 aromatic rings. The number of nitrogens with two attached hydrogens (primary N) is 3. The minimum atomic E-state index is -4.73. The number of halogens is 3. The van der Waals surface area contributed by atoms with Crippen LogP contribution in [0.5, 0.6) is 0 Å². The molecule has 10 N–H and O–H groups in total. The molecule has 0 aliphatic carbocycles. The van der Waals surface area contributed by atoms with Gasteiger partial charge in [0, 0.05) is 0 Å². The van der Waals surface area contributed by atoms with E-state index in [1.165, 1.54) is 28.4 Å². The summed E-state index contributed by atoms with van der Waals surface area (Å²) in [6.07, 6.45) is -12.7. The summed E-state index contributed by atoms with van der Waals surface area (Å²) >= 11 is 14.5. The van der Waals surface area contributed by atoms with E-state index in [1.807, 2.05) is 0 Å². The van der Waals surface area contributed by atoms with Crippen LogP contribution in [0.3, 0.4) is 0 Å². The number of nitrogen functional groups attached to an aromatic ring is 3. The van der Waals surface area contributed by atoms with Crippen LogP contribution in [0, 0.1) is 0 Å². The Balaban J connectivity index is 0.781. The highest BCUT2D eigenvalue weighted by Crippen LogP contribution is 2.58. The highest BCUT2D eigenvalue weighted by molar-refractivity contribution is 8.44. The summed E-state index contributed by atoms with van der Waals surface area (Å²) in [6, 6.07) is 0. The van der Waals surface area contributed by atoms with Gasteiger partial charge in [-0.3, -0.25) is 27.2 Å². The van der Waals surface area contributed by atoms with Gasteiger partial charge in [-0.2, -0.15) is 0 Å². The Morgan fingerprint density at radius 2 is 1.32 bits per heavy atom. The number of fused-ring (bicyclic) bond motifs is 3. The van der Waals surface area contributed by atoms with E-state index in [0.29, 0.717) is 24.0 Å². The third kappa shape index (κ3) is 10.9. The number of hydrogen-bond donors (Lipinski definition) is 8. The number of anilines is 5. The molecule has 398 valence electrons. The van der Waals surface area contributed by atoms with Crippen LogP contribution >= 0.6 is 32.5 Å². The quantitative estimate of drug-likeness (QED) is 0.0429. The molecule has 5 aliphatic heterocycles. The lowest BCUT2D eigenvalue weighted by atomic mass is 10.1. The molecule has 10 rings (SSSR count). The number of aliphatic hydroxyl groups is 1. The molecule has 0 amide bonds. The summed E-state index contributed by atoms with van der Waals surface area (Å²) in [7, 11) is 0. The molecule has 29 nitrogen and oxygen atoms in total. The maximum Gasteiger partial charge on any atom is 0.386 e. The number of thiol groups is 1. The molecule has 5 aromatic heterocycles. The molecule has 0 spiro atoms. The summed E-state index contributed by atoms with van der Waals surface area (Å²) in [6.45, 7) is -16.8. The average molecular weight is 1150 g/mol. The van der Waals surface area contributed by atoms with Gasteiger partial charge in [0.1, 0.15) is 78.6 Å². The topological polar surface area (TPSA) is 376 Å². The van der Waals surface area contributed by atoms with E-state index >= 15 is 13.2 Å². The van der Waals surface area contributed by atoms with E-state index in [4.69, 9.17) is 86.9 Å². The van der Waals surface area contributed by atoms with E-state index in [2.05, 4.69) is 57.4 Å². The molecule has 4 fully saturated rings. The van der Waals surface area contributed by atoms with Crippen molar-refractivity contribution in [3.63, 3.8) is 0 Å². The summed E-state index contributed by atoms with van der Waals surface area (Å²) in [5.74, 6) is 0.382. The second kappa shape index (κ2) is 21.0. The predicted molar refractivity (Wildman–Crippen MR) is 256 cm³/mol. The lowest BCUT2D eigenvalue weighted by molar-refractivity contribution is -0.0468. The zero-order valence-corrected chi connectivity index (χ0v) is 42.5. The molecule has 0 radical (unpaired) electrons. The maximum absolute atomic E-state index is 16.8. The molecule has 73 heavy (non-hydrogen) atoms. The van der Waals surface area contributed by atoms with Crippen LogP contribution < -0.4 is 27.4 Å². The minimum absolute atomic E-state index is 0.0118. The predicted octanol–water partition coefficient (Wildman–Crippen LogP) is 1.47. The largest absolute Gasteiger partial charge is 0.394 e. The van der Waals surface area contributed by atoms with Gasteiger partial charge >= 0.3 is 20.2 Å². The average Bonchev–Trinajstić information content (AvgIpc) is 4.23. The van der Waals surface area contributed by atoms with Gasteiger partial charge < -0.3 is 70.3 Å². The summed E-state index contributed by atoms with van der Waals surface area (Å²) < 4.78 is 122. The first-order valence-corrected chi connectivity index (χ1v) is 29.7. The van der Waals surface area contributed by atoms with Crippen molar-refractivity contribution in [2.75, 3.05) is 67.1 Å². The highest BCUT2D eigenvalue weighted by atomic mass is 32.7. The number of imidazole rings is 2. The number of alkyl halides is 3. The zero-order valence-electron chi connectivity index (χ0n) is 37.3. The second-order valence-electron chi connectivity index (χ2n) is 16.8. The van der Waals surface area contributed by atoms with Gasteiger partial charge in [0.2, 0.25) is 0 Å². The Kier molecular flexibility index (Phi) is 15.2. The zero-order chi connectivity index (χ0) is 51.6. The van der Waals surface area contributed by atoms with E-state index in [1.54, 1.807) is 4.57 Å². The van der Waals surface area contributed by atoms with Crippen LogP contribution in [0.4, 0.5) is 42.1 Å². The second-order valence-corrected chi connectivity index (χ2v) is 25.3. The SMILES string of the molecule is Nc1ncnc2c1NCN2[C@@H]1O[C@H](COP(O)(=S)O[C@H]2[C@@H](F)[C@H](n3cnc4c(N)ncnc43)O[C@@H]2CO)[C@@H](OP(=O)(S)OC[C@H]2OC[C@H](F)[C@@H]2OP(O)(=S)OC[C@@H]2CC[C@H](n3cnc4c(N)ncnc43)O2)[C@H]1F. The molecular weight excluding hydrogens is 1100 g/mol. The Hall–Kier alpha value is -3.67. The van der Waals surface area contributed by atoms with E-state index < -0.39 is 127 Å². The molecular formula is C35H45F3N15O14P3S3. The van der Waals surface area contributed by atoms with Crippen molar-refractivity contribution < 1.29 is 78.7 Å². The molecule has 10 heterocycles. The summed E-state index contributed by atoms with van der Waals surface area (Å²) in [5.41, 5.74) is 19.1. The van der Waals surface area contributed by atoms with E-state index in [0.717, 1.165) is 12.7 Å². The fourth-order valence-corrected chi connectivity index (χ4v) is 13.1. The van der Waals surface area contributed by atoms with Crippen LogP contribution in [-0.2, 0) is 74.3 Å². The Labute approximate surface area is 425 Å². The van der Waals surface area contributed by atoms with Gasteiger partial charge in [-0.05, 0) is 36.5 Å². The van der Waals surface area contributed by atoms with Gasteiger partial charge in [0.25, 0.3) is 0 Å². The number of aliphatic hydroxyl groups excluding tert-OH is 1. The monoisotopic (exact) mass is 1150 g/mol.